The maximum atomic E-state index is 5.84. The Hall–Kier alpha value is 0.657. The van der Waals surface area contributed by atoms with E-state index >= 15 is 0 Å². The molecule has 1 aliphatic heterocycles. The zero-order valence-corrected chi connectivity index (χ0v) is 11.0. The second-order valence-corrected chi connectivity index (χ2v) is 12.0. The van der Waals surface area contributed by atoms with Crippen LogP contribution in [-0.2, 0) is 4.74 Å². The molecule has 0 saturated carbocycles. The quantitative estimate of drug-likeness (QED) is 0.541. The fourth-order valence-electron chi connectivity index (χ4n) is 1.61. The van der Waals surface area contributed by atoms with Gasteiger partial charge in [-0.1, -0.05) is 35.6 Å². The van der Waals surface area contributed by atoms with Gasteiger partial charge in [-0.3, -0.25) is 0 Å². The molecular formula is C9H19BrOSi. The van der Waals surface area contributed by atoms with Crippen molar-refractivity contribution in [3.8, 4) is 0 Å². The summed E-state index contributed by atoms with van der Waals surface area (Å²) in [5.74, 6) is 0. The molecule has 1 nitrogen and oxygen atoms in total. The van der Waals surface area contributed by atoms with Gasteiger partial charge >= 0.3 is 0 Å². The summed E-state index contributed by atoms with van der Waals surface area (Å²) < 4.78 is 6.46. The SMILES string of the molecule is C[C@@H]1CC[C@H]([C@@H](Br)[Si](C)(C)C)O1. The first-order valence-electron chi connectivity index (χ1n) is 4.71. The largest absolute Gasteiger partial charge is 0.374 e. The van der Waals surface area contributed by atoms with Crippen molar-refractivity contribution in [3.05, 3.63) is 0 Å². The highest BCUT2D eigenvalue weighted by Crippen LogP contribution is 2.30. The van der Waals surface area contributed by atoms with Gasteiger partial charge in [0.15, 0.2) is 0 Å². The minimum Gasteiger partial charge on any atom is -0.374 e. The van der Waals surface area contributed by atoms with Crippen LogP contribution in [0.3, 0.4) is 0 Å². The van der Waals surface area contributed by atoms with Gasteiger partial charge in [-0.2, -0.15) is 0 Å². The molecule has 0 N–H and O–H groups in total. The second kappa shape index (κ2) is 3.80. The third kappa shape index (κ3) is 2.57. The van der Waals surface area contributed by atoms with Crippen molar-refractivity contribution in [1.29, 1.82) is 0 Å². The van der Waals surface area contributed by atoms with Crippen molar-refractivity contribution >= 4 is 24.0 Å². The number of hydrogen-bond acceptors (Lipinski definition) is 1. The molecule has 1 fully saturated rings. The van der Waals surface area contributed by atoms with Crippen molar-refractivity contribution in [2.24, 2.45) is 0 Å². The number of alkyl halides is 1. The van der Waals surface area contributed by atoms with E-state index in [-0.39, 0.29) is 0 Å². The number of hydrogen-bond donors (Lipinski definition) is 0. The van der Waals surface area contributed by atoms with Crippen molar-refractivity contribution in [2.45, 2.75) is 56.1 Å². The van der Waals surface area contributed by atoms with Crippen LogP contribution in [0.2, 0.25) is 19.6 Å². The van der Waals surface area contributed by atoms with Gasteiger partial charge in [-0.15, -0.1) is 0 Å². The Morgan fingerprint density at radius 3 is 2.25 bits per heavy atom. The van der Waals surface area contributed by atoms with Gasteiger partial charge in [0.05, 0.1) is 20.3 Å². The van der Waals surface area contributed by atoms with Crippen LogP contribution >= 0.6 is 15.9 Å². The van der Waals surface area contributed by atoms with Crippen molar-refractivity contribution in [1.82, 2.24) is 0 Å². The Balaban J connectivity index is 2.48. The van der Waals surface area contributed by atoms with E-state index < -0.39 is 8.07 Å². The first-order chi connectivity index (χ1) is 5.41. The Labute approximate surface area is 85.0 Å². The molecule has 0 bridgehead atoms. The molecule has 3 heteroatoms. The summed E-state index contributed by atoms with van der Waals surface area (Å²) in [6, 6.07) is 0. The molecule has 1 heterocycles. The third-order valence-electron chi connectivity index (χ3n) is 2.42. The predicted octanol–water partition coefficient (Wildman–Crippen LogP) is 3.19. The van der Waals surface area contributed by atoms with Gasteiger partial charge in [0, 0.05) is 4.45 Å². The minimum atomic E-state index is -1.06. The molecule has 1 saturated heterocycles. The molecule has 0 aliphatic carbocycles. The zero-order chi connectivity index (χ0) is 9.35. The summed E-state index contributed by atoms with van der Waals surface area (Å²) in [6.45, 7) is 9.33. The predicted molar refractivity (Wildman–Crippen MR) is 59.6 cm³/mol. The molecule has 0 aromatic heterocycles. The molecule has 0 unspecified atom stereocenters. The van der Waals surface area contributed by atoms with Crippen LogP contribution < -0.4 is 0 Å². The molecule has 0 spiro atoms. The second-order valence-electron chi connectivity index (χ2n) is 4.83. The van der Waals surface area contributed by atoms with Crippen LogP contribution in [-0.4, -0.2) is 24.7 Å². The lowest BCUT2D eigenvalue weighted by Crippen LogP contribution is -2.42. The Morgan fingerprint density at radius 2 is 1.92 bits per heavy atom. The Kier molecular flexibility index (Phi) is 3.40. The zero-order valence-electron chi connectivity index (χ0n) is 8.43. The normalized spacial score (nSPS) is 33.8. The first-order valence-corrected chi connectivity index (χ1v) is 9.20. The maximum absolute atomic E-state index is 5.84. The Bertz CT molecular complexity index is 155. The molecule has 1 aliphatic rings. The fourth-order valence-corrected chi connectivity index (χ4v) is 3.36. The van der Waals surface area contributed by atoms with Crippen molar-refractivity contribution < 1.29 is 4.74 Å². The van der Waals surface area contributed by atoms with Gasteiger partial charge < -0.3 is 4.74 Å². The first kappa shape index (κ1) is 10.7. The molecular weight excluding hydrogens is 232 g/mol. The third-order valence-corrected chi connectivity index (χ3v) is 9.16. The summed E-state index contributed by atoms with van der Waals surface area (Å²) in [4.78, 5) is 0. The van der Waals surface area contributed by atoms with Gasteiger partial charge in [-0.05, 0) is 19.8 Å². The topological polar surface area (TPSA) is 9.23 Å². The smallest absolute Gasteiger partial charge is 0.0679 e. The summed E-state index contributed by atoms with van der Waals surface area (Å²) in [6.07, 6.45) is 3.43. The highest BCUT2D eigenvalue weighted by Gasteiger charge is 2.35. The lowest BCUT2D eigenvalue weighted by molar-refractivity contribution is 0.0644. The van der Waals surface area contributed by atoms with Crippen molar-refractivity contribution in [2.75, 3.05) is 0 Å². The summed E-state index contributed by atoms with van der Waals surface area (Å²) in [5, 5.41) is 0. The summed E-state index contributed by atoms with van der Waals surface area (Å²) >= 11 is 3.79. The average molecular weight is 251 g/mol. The summed E-state index contributed by atoms with van der Waals surface area (Å²) in [7, 11) is -1.06. The Morgan fingerprint density at radius 1 is 1.33 bits per heavy atom. The molecule has 0 amide bonds. The number of ether oxygens (including phenoxy) is 1. The highest BCUT2D eigenvalue weighted by atomic mass is 79.9. The van der Waals surface area contributed by atoms with E-state index in [1.807, 2.05) is 0 Å². The van der Waals surface area contributed by atoms with E-state index in [9.17, 15) is 0 Å². The summed E-state index contributed by atoms with van der Waals surface area (Å²) in [5.41, 5.74) is 0. The van der Waals surface area contributed by atoms with Crippen molar-refractivity contribution in [3.63, 3.8) is 0 Å². The monoisotopic (exact) mass is 250 g/mol. The van der Waals surface area contributed by atoms with Crippen LogP contribution in [0.1, 0.15) is 19.8 Å². The molecule has 3 atom stereocenters. The van der Waals surface area contributed by atoms with E-state index in [0.29, 0.717) is 16.7 Å². The van der Waals surface area contributed by atoms with Crippen LogP contribution in [0.15, 0.2) is 0 Å². The van der Waals surface area contributed by atoms with E-state index in [2.05, 4.69) is 42.5 Å². The van der Waals surface area contributed by atoms with Crippen LogP contribution in [0.25, 0.3) is 0 Å². The molecule has 12 heavy (non-hydrogen) atoms. The highest BCUT2D eigenvalue weighted by molar-refractivity contribution is 9.10. The average Bonchev–Trinajstić information content (AvgIpc) is 2.32. The van der Waals surface area contributed by atoms with E-state index in [1.165, 1.54) is 12.8 Å². The van der Waals surface area contributed by atoms with E-state index in [1.54, 1.807) is 0 Å². The van der Waals surface area contributed by atoms with Gasteiger partial charge in [0.1, 0.15) is 0 Å². The molecule has 72 valence electrons. The number of rotatable bonds is 2. The lowest BCUT2D eigenvalue weighted by atomic mass is 10.2. The molecule has 1 rings (SSSR count). The van der Waals surface area contributed by atoms with Gasteiger partial charge in [-0.25, -0.2) is 0 Å². The fraction of sp³-hybridized carbons (Fsp3) is 1.00. The minimum absolute atomic E-state index is 0.478. The molecule has 0 aromatic carbocycles. The standard InChI is InChI=1S/C9H19BrOSi/c1-7-5-6-8(11-7)9(10)12(2,3)4/h7-9H,5-6H2,1-4H3/t7-,8-,9+/m1/s1. The molecule has 0 radical (unpaired) electrons. The van der Waals surface area contributed by atoms with Gasteiger partial charge in [0.25, 0.3) is 0 Å². The van der Waals surface area contributed by atoms with Crippen LogP contribution in [0.5, 0.6) is 0 Å². The lowest BCUT2D eigenvalue weighted by Gasteiger charge is -2.28. The van der Waals surface area contributed by atoms with Crippen LogP contribution in [0, 0.1) is 0 Å². The molecule has 0 aromatic rings. The maximum Gasteiger partial charge on any atom is 0.0679 e. The van der Waals surface area contributed by atoms with Gasteiger partial charge in [0.2, 0.25) is 0 Å². The van der Waals surface area contributed by atoms with Crippen LogP contribution in [0.4, 0.5) is 0 Å². The van der Waals surface area contributed by atoms with E-state index in [0.717, 1.165) is 0 Å². The number of halogens is 1. The van der Waals surface area contributed by atoms with E-state index in [4.69, 9.17) is 4.74 Å².